The fourth-order valence-electron chi connectivity index (χ4n) is 2.52. The van der Waals surface area contributed by atoms with Gasteiger partial charge in [0.25, 0.3) is 15.7 Å². The Balaban J connectivity index is 1.78. The predicted octanol–water partition coefficient (Wildman–Crippen LogP) is 1.94. The number of nitro benzene ring substituents is 1. The van der Waals surface area contributed by atoms with Gasteiger partial charge in [-0.2, -0.15) is 5.10 Å². The highest BCUT2D eigenvalue weighted by Gasteiger charge is 2.20. The number of hydrogen-bond donors (Lipinski definition) is 1. The van der Waals surface area contributed by atoms with Crippen LogP contribution in [-0.2, 0) is 14.8 Å². The maximum atomic E-state index is 12.4. The number of nitro groups is 1. The van der Waals surface area contributed by atoms with Gasteiger partial charge in [0.2, 0.25) is 0 Å². The van der Waals surface area contributed by atoms with Gasteiger partial charge >= 0.3 is 0 Å². The van der Waals surface area contributed by atoms with E-state index in [2.05, 4.69) is 9.82 Å². The molecule has 0 aliphatic carbocycles. The van der Waals surface area contributed by atoms with Crippen molar-refractivity contribution < 1.29 is 18.1 Å². The van der Waals surface area contributed by atoms with Crippen LogP contribution < -0.4 is 4.72 Å². The van der Waals surface area contributed by atoms with E-state index in [0.717, 1.165) is 18.9 Å². The maximum Gasteiger partial charge on any atom is 0.270 e. The van der Waals surface area contributed by atoms with Gasteiger partial charge in [0, 0.05) is 31.5 Å². The third-order valence-electron chi connectivity index (χ3n) is 3.76. The minimum Gasteiger partial charge on any atom is -0.381 e. The van der Waals surface area contributed by atoms with Crippen LogP contribution in [0, 0.1) is 10.1 Å². The Morgan fingerprint density at radius 1 is 1.33 bits per heavy atom. The third kappa shape index (κ3) is 3.54. The number of hydrogen-bond acceptors (Lipinski definition) is 6. The van der Waals surface area contributed by atoms with Crippen molar-refractivity contribution in [1.82, 2.24) is 9.78 Å². The molecule has 24 heavy (non-hydrogen) atoms. The smallest absolute Gasteiger partial charge is 0.270 e. The van der Waals surface area contributed by atoms with Crippen LogP contribution in [-0.4, -0.2) is 36.3 Å². The zero-order chi connectivity index (χ0) is 17.2. The summed E-state index contributed by atoms with van der Waals surface area (Å²) >= 11 is 0. The second kappa shape index (κ2) is 6.57. The van der Waals surface area contributed by atoms with Crippen LogP contribution >= 0.6 is 0 Å². The molecule has 1 aromatic carbocycles. The lowest BCUT2D eigenvalue weighted by Gasteiger charge is -2.22. The van der Waals surface area contributed by atoms with Gasteiger partial charge in [-0.05, 0) is 18.9 Å². The highest BCUT2D eigenvalue weighted by Crippen LogP contribution is 2.23. The van der Waals surface area contributed by atoms with Crippen molar-refractivity contribution in [3.63, 3.8) is 0 Å². The molecule has 0 bridgehead atoms. The first-order valence-electron chi connectivity index (χ1n) is 7.35. The molecule has 2 aromatic rings. The number of anilines is 1. The fourth-order valence-corrected chi connectivity index (χ4v) is 3.59. The molecule has 1 aliphatic heterocycles. The maximum absolute atomic E-state index is 12.4. The molecule has 0 atom stereocenters. The summed E-state index contributed by atoms with van der Waals surface area (Å²) in [5.74, 6) is 0. The summed E-state index contributed by atoms with van der Waals surface area (Å²) in [7, 11) is -3.92. The van der Waals surface area contributed by atoms with E-state index in [-0.39, 0.29) is 16.6 Å². The van der Waals surface area contributed by atoms with Crippen LogP contribution in [0.3, 0.4) is 0 Å². The lowest BCUT2D eigenvalue weighted by atomic mass is 10.1. The summed E-state index contributed by atoms with van der Waals surface area (Å²) in [6.07, 6.45) is 4.67. The van der Waals surface area contributed by atoms with E-state index in [4.69, 9.17) is 4.74 Å². The summed E-state index contributed by atoms with van der Waals surface area (Å²) in [6, 6.07) is 5.07. The number of sulfonamides is 1. The van der Waals surface area contributed by atoms with Gasteiger partial charge in [0.15, 0.2) is 0 Å². The van der Waals surface area contributed by atoms with Crippen molar-refractivity contribution >= 4 is 21.4 Å². The monoisotopic (exact) mass is 352 g/mol. The molecular formula is C14H16N4O5S. The van der Waals surface area contributed by atoms with Crippen molar-refractivity contribution in [2.45, 2.75) is 23.8 Å². The molecule has 0 radical (unpaired) electrons. The summed E-state index contributed by atoms with van der Waals surface area (Å²) in [6.45, 7) is 1.30. The average Bonchev–Trinajstić information content (AvgIpc) is 3.03. The van der Waals surface area contributed by atoms with Gasteiger partial charge in [0.05, 0.1) is 27.7 Å². The number of rotatable bonds is 5. The largest absolute Gasteiger partial charge is 0.381 e. The number of nitrogens with one attached hydrogen (secondary N) is 1. The van der Waals surface area contributed by atoms with E-state index >= 15 is 0 Å². The molecule has 1 N–H and O–H groups in total. The van der Waals surface area contributed by atoms with Crippen LogP contribution in [0.25, 0.3) is 0 Å². The fraction of sp³-hybridized carbons (Fsp3) is 0.357. The van der Waals surface area contributed by atoms with Crippen molar-refractivity contribution in [1.29, 1.82) is 0 Å². The first kappa shape index (κ1) is 16.4. The zero-order valence-electron chi connectivity index (χ0n) is 12.7. The SMILES string of the molecule is O=[N+]([O-])c1cccc(S(=O)(=O)Nc2cnn(C3CCOCC3)c2)c1. The Bertz CT molecular complexity index is 842. The Morgan fingerprint density at radius 2 is 2.08 bits per heavy atom. The molecule has 0 unspecified atom stereocenters. The standard InChI is InChI=1S/C14H16N4O5S/c19-18(20)13-2-1-3-14(8-13)24(21,22)16-11-9-15-17(10-11)12-4-6-23-7-5-12/h1-3,8-10,12,16H,4-7H2. The lowest BCUT2D eigenvalue weighted by molar-refractivity contribution is -0.385. The van der Waals surface area contributed by atoms with Gasteiger partial charge in [0.1, 0.15) is 0 Å². The number of ether oxygens (including phenoxy) is 1. The van der Waals surface area contributed by atoms with Gasteiger partial charge in [-0.3, -0.25) is 19.5 Å². The van der Waals surface area contributed by atoms with Gasteiger partial charge in [-0.15, -0.1) is 0 Å². The van der Waals surface area contributed by atoms with Crippen molar-refractivity contribution in [2.24, 2.45) is 0 Å². The Hall–Kier alpha value is -2.46. The summed E-state index contributed by atoms with van der Waals surface area (Å²) in [5, 5.41) is 15.0. The quantitative estimate of drug-likeness (QED) is 0.649. The van der Waals surface area contributed by atoms with Gasteiger partial charge in [-0.1, -0.05) is 6.07 Å². The van der Waals surface area contributed by atoms with Gasteiger partial charge in [-0.25, -0.2) is 8.42 Å². The van der Waals surface area contributed by atoms with Crippen LogP contribution in [0.15, 0.2) is 41.6 Å². The normalized spacial score (nSPS) is 16.0. The highest BCUT2D eigenvalue weighted by molar-refractivity contribution is 7.92. The molecule has 1 aliphatic rings. The van der Waals surface area contributed by atoms with E-state index < -0.39 is 14.9 Å². The number of aromatic nitrogens is 2. The summed E-state index contributed by atoms with van der Waals surface area (Å²) in [4.78, 5) is 9.98. The molecule has 10 heteroatoms. The summed E-state index contributed by atoms with van der Waals surface area (Å²) in [5.41, 5.74) is 0.0313. The highest BCUT2D eigenvalue weighted by atomic mass is 32.2. The first-order valence-corrected chi connectivity index (χ1v) is 8.83. The molecule has 1 aromatic heterocycles. The van der Waals surface area contributed by atoms with Crippen LogP contribution in [0.2, 0.25) is 0 Å². The molecule has 0 amide bonds. The molecule has 0 spiro atoms. The number of non-ortho nitro benzene ring substituents is 1. The van der Waals surface area contributed by atoms with E-state index in [1.807, 2.05) is 0 Å². The van der Waals surface area contributed by atoms with Crippen LogP contribution in [0.4, 0.5) is 11.4 Å². The second-order valence-electron chi connectivity index (χ2n) is 5.41. The summed E-state index contributed by atoms with van der Waals surface area (Å²) < 4.78 is 34.1. The van der Waals surface area contributed by atoms with E-state index in [1.165, 1.54) is 24.4 Å². The molecule has 2 heterocycles. The third-order valence-corrected chi connectivity index (χ3v) is 5.14. The minimum atomic E-state index is -3.92. The molecule has 3 rings (SSSR count). The topological polar surface area (TPSA) is 116 Å². The Morgan fingerprint density at radius 3 is 2.79 bits per heavy atom. The predicted molar refractivity (Wildman–Crippen MR) is 85.2 cm³/mol. The Kier molecular flexibility index (Phi) is 4.49. The Labute approximate surface area is 138 Å². The van der Waals surface area contributed by atoms with E-state index in [0.29, 0.717) is 18.9 Å². The lowest BCUT2D eigenvalue weighted by Crippen LogP contribution is -2.19. The minimum absolute atomic E-state index is 0.171. The van der Waals surface area contributed by atoms with E-state index in [9.17, 15) is 18.5 Å². The molecular weight excluding hydrogens is 336 g/mol. The van der Waals surface area contributed by atoms with Crippen molar-refractivity contribution in [3.8, 4) is 0 Å². The van der Waals surface area contributed by atoms with Crippen molar-refractivity contribution in [2.75, 3.05) is 17.9 Å². The zero-order valence-corrected chi connectivity index (χ0v) is 13.5. The number of nitrogens with zero attached hydrogens (tertiary/aromatic N) is 3. The second-order valence-corrected chi connectivity index (χ2v) is 7.09. The van der Waals surface area contributed by atoms with Gasteiger partial charge < -0.3 is 4.74 Å². The first-order chi connectivity index (χ1) is 11.5. The molecule has 1 fully saturated rings. The van der Waals surface area contributed by atoms with E-state index in [1.54, 1.807) is 10.9 Å². The molecule has 128 valence electrons. The average molecular weight is 352 g/mol. The number of benzene rings is 1. The molecule has 1 saturated heterocycles. The van der Waals surface area contributed by atoms with Crippen molar-refractivity contribution in [3.05, 3.63) is 46.8 Å². The van der Waals surface area contributed by atoms with Crippen LogP contribution in [0.5, 0.6) is 0 Å². The molecule has 0 saturated carbocycles. The van der Waals surface area contributed by atoms with Crippen LogP contribution in [0.1, 0.15) is 18.9 Å². The molecule has 9 nitrogen and oxygen atoms in total.